The average Bonchev–Trinajstić information content (AvgIpc) is 2.90. The highest BCUT2D eigenvalue weighted by atomic mass is 16.3. The summed E-state index contributed by atoms with van der Waals surface area (Å²) in [6, 6.07) is 11.1. The molecule has 0 aliphatic rings. The Morgan fingerprint density at radius 2 is 2.10 bits per heavy atom. The van der Waals surface area contributed by atoms with Crippen molar-refractivity contribution in [2.75, 3.05) is 5.32 Å². The number of anilines is 1. The maximum atomic E-state index is 11.8. The number of carbonyl (C=O) groups is 1. The molecule has 0 saturated heterocycles. The average molecular weight is 279 g/mol. The van der Waals surface area contributed by atoms with E-state index in [2.05, 4.69) is 15.3 Å². The van der Waals surface area contributed by atoms with Crippen LogP contribution in [0.2, 0.25) is 0 Å². The molecule has 5 heteroatoms. The topological polar surface area (TPSA) is 68.0 Å². The quantitative estimate of drug-likeness (QED) is 0.748. The molecule has 1 aromatic carbocycles. The monoisotopic (exact) mass is 279 g/mol. The Hall–Kier alpha value is -2.95. The number of benzene rings is 1. The minimum atomic E-state index is -0.284. The van der Waals surface area contributed by atoms with Crippen molar-refractivity contribution >= 4 is 28.9 Å². The molecule has 0 unspecified atom stereocenters. The van der Waals surface area contributed by atoms with E-state index in [1.165, 1.54) is 12.2 Å². The molecule has 0 radical (unpaired) electrons. The number of carbonyl (C=O) groups excluding carboxylic acids is 1. The summed E-state index contributed by atoms with van der Waals surface area (Å²) < 4.78 is 5.49. The second kappa shape index (κ2) is 5.58. The van der Waals surface area contributed by atoms with Crippen LogP contribution in [0, 0.1) is 6.92 Å². The highest BCUT2D eigenvalue weighted by Crippen LogP contribution is 2.15. The fourth-order valence-electron chi connectivity index (χ4n) is 1.82. The Kier molecular flexibility index (Phi) is 3.47. The van der Waals surface area contributed by atoms with Crippen molar-refractivity contribution in [3.8, 4) is 0 Å². The van der Waals surface area contributed by atoms with Crippen molar-refractivity contribution in [2.24, 2.45) is 0 Å². The van der Waals surface area contributed by atoms with Gasteiger partial charge in [0.25, 0.3) is 0 Å². The van der Waals surface area contributed by atoms with Gasteiger partial charge >= 0.3 is 0 Å². The van der Waals surface area contributed by atoms with Crippen LogP contribution < -0.4 is 5.32 Å². The molecule has 3 rings (SSSR count). The third-order valence-corrected chi connectivity index (χ3v) is 2.85. The smallest absolute Gasteiger partial charge is 0.249 e. The maximum Gasteiger partial charge on any atom is 0.249 e. The van der Waals surface area contributed by atoms with Crippen molar-refractivity contribution in [3.05, 3.63) is 60.1 Å². The maximum absolute atomic E-state index is 11.8. The molecule has 0 aliphatic carbocycles. The van der Waals surface area contributed by atoms with Crippen molar-refractivity contribution in [1.82, 2.24) is 9.97 Å². The van der Waals surface area contributed by atoms with Crippen LogP contribution in [-0.4, -0.2) is 15.9 Å². The second-order valence-corrected chi connectivity index (χ2v) is 4.56. The summed E-state index contributed by atoms with van der Waals surface area (Å²) in [5.74, 6) is 0.615. The van der Waals surface area contributed by atoms with E-state index in [0.717, 1.165) is 11.1 Å². The first-order valence-corrected chi connectivity index (χ1v) is 6.48. The SMILES string of the molecule is Cc1ccc(NC(=O)/C=C/c2nc3ccccc3o2)nc1. The molecule has 21 heavy (non-hydrogen) atoms. The zero-order chi connectivity index (χ0) is 14.7. The Labute approximate surface area is 121 Å². The number of nitrogens with one attached hydrogen (secondary N) is 1. The van der Waals surface area contributed by atoms with E-state index in [9.17, 15) is 4.79 Å². The van der Waals surface area contributed by atoms with Crippen molar-refractivity contribution in [1.29, 1.82) is 0 Å². The van der Waals surface area contributed by atoms with Gasteiger partial charge in [0, 0.05) is 18.3 Å². The third-order valence-electron chi connectivity index (χ3n) is 2.85. The lowest BCUT2D eigenvalue weighted by atomic mass is 10.3. The molecular weight excluding hydrogens is 266 g/mol. The van der Waals surface area contributed by atoms with Crippen molar-refractivity contribution in [2.45, 2.75) is 6.92 Å². The van der Waals surface area contributed by atoms with Crippen LogP contribution in [0.25, 0.3) is 17.2 Å². The van der Waals surface area contributed by atoms with Gasteiger partial charge in [0.05, 0.1) is 0 Å². The summed E-state index contributed by atoms with van der Waals surface area (Å²) in [6.45, 7) is 1.94. The fourth-order valence-corrected chi connectivity index (χ4v) is 1.82. The van der Waals surface area contributed by atoms with Gasteiger partial charge in [-0.3, -0.25) is 4.79 Å². The first-order chi connectivity index (χ1) is 10.2. The van der Waals surface area contributed by atoms with Crippen molar-refractivity contribution < 1.29 is 9.21 Å². The summed E-state index contributed by atoms with van der Waals surface area (Å²) in [5.41, 5.74) is 2.49. The molecular formula is C16H13N3O2. The molecule has 0 saturated carbocycles. The zero-order valence-electron chi connectivity index (χ0n) is 11.4. The Bertz CT molecular complexity index is 771. The number of hydrogen-bond acceptors (Lipinski definition) is 4. The molecule has 5 nitrogen and oxygen atoms in total. The molecule has 2 aromatic heterocycles. The molecule has 0 fully saturated rings. The molecule has 0 aliphatic heterocycles. The van der Waals surface area contributed by atoms with Gasteiger partial charge in [-0.1, -0.05) is 18.2 Å². The summed E-state index contributed by atoms with van der Waals surface area (Å²) in [4.78, 5) is 20.1. The minimum absolute atomic E-state index is 0.284. The molecule has 1 amide bonds. The number of amides is 1. The van der Waals surface area contributed by atoms with E-state index in [-0.39, 0.29) is 5.91 Å². The van der Waals surface area contributed by atoms with E-state index >= 15 is 0 Å². The number of oxazole rings is 1. The number of pyridine rings is 1. The third kappa shape index (κ3) is 3.14. The van der Waals surface area contributed by atoms with Gasteiger partial charge in [-0.15, -0.1) is 0 Å². The van der Waals surface area contributed by atoms with E-state index in [1.54, 1.807) is 12.3 Å². The predicted molar refractivity (Wildman–Crippen MR) is 80.6 cm³/mol. The number of nitrogens with zero attached hydrogens (tertiary/aromatic N) is 2. The molecule has 104 valence electrons. The predicted octanol–water partition coefficient (Wildman–Crippen LogP) is 3.18. The Balaban J connectivity index is 1.70. The fraction of sp³-hybridized carbons (Fsp3) is 0.0625. The number of rotatable bonds is 3. The number of para-hydroxylation sites is 2. The zero-order valence-corrected chi connectivity index (χ0v) is 11.4. The van der Waals surface area contributed by atoms with Crippen LogP contribution in [0.15, 0.2) is 53.1 Å². The lowest BCUT2D eigenvalue weighted by Crippen LogP contribution is -2.08. The number of hydrogen-bond donors (Lipinski definition) is 1. The largest absolute Gasteiger partial charge is 0.437 e. The lowest BCUT2D eigenvalue weighted by molar-refractivity contribution is -0.111. The van der Waals surface area contributed by atoms with Gasteiger partial charge in [-0.05, 0) is 30.7 Å². The first-order valence-electron chi connectivity index (χ1n) is 6.48. The molecule has 0 spiro atoms. The van der Waals surface area contributed by atoms with Gasteiger partial charge in [0.15, 0.2) is 5.58 Å². The Morgan fingerprint density at radius 3 is 2.86 bits per heavy atom. The van der Waals surface area contributed by atoms with E-state index in [0.29, 0.717) is 17.3 Å². The van der Waals surface area contributed by atoms with Gasteiger partial charge < -0.3 is 9.73 Å². The first kappa shape index (κ1) is 13.1. The van der Waals surface area contributed by atoms with Gasteiger partial charge in [0.1, 0.15) is 11.3 Å². The van der Waals surface area contributed by atoms with Crippen molar-refractivity contribution in [3.63, 3.8) is 0 Å². The number of aromatic nitrogens is 2. The minimum Gasteiger partial charge on any atom is -0.437 e. The summed E-state index contributed by atoms with van der Waals surface area (Å²) in [6.07, 6.45) is 4.59. The number of aryl methyl sites for hydroxylation is 1. The van der Waals surface area contributed by atoms with E-state index in [4.69, 9.17) is 4.42 Å². The van der Waals surface area contributed by atoms with E-state index < -0.39 is 0 Å². The van der Waals surface area contributed by atoms with Crippen LogP contribution in [-0.2, 0) is 4.79 Å². The van der Waals surface area contributed by atoms with E-state index in [1.807, 2.05) is 37.3 Å². The second-order valence-electron chi connectivity index (χ2n) is 4.56. The normalized spacial score (nSPS) is 11.1. The highest BCUT2D eigenvalue weighted by molar-refractivity contribution is 6.01. The molecule has 0 bridgehead atoms. The molecule has 1 N–H and O–H groups in total. The van der Waals surface area contributed by atoms with Gasteiger partial charge in [-0.2, -0.15) is 0 Å². The summed E-state index contributed by atoms with van der Waals surface area (Å²) in [5, 5.41) is 2.67. The van der Waals surface area contributed by atoms with Crippen LogP contribution in [0.4, 0.5) is 5.82 Å². The summed E-state index contributed by atoms with van der Waals surface area (Å²) in [7, 11) is 0. The lowest BCUT2D eigenvalue weighted by Gasteiger charge is -2.00. The number of fused-ring (bicyclic) bond motifs is 1. The Morgan fingerprint density at radius 1 is 1.24 bits per heavy atom. The van der Waals surface area contributed by atoms with Gasteiger partial charge in [-0.25, -0.2) is 9.97 Å². The van der Waals surface area contributed by atoms with Crippen LogP contribution in [0.1, 0.15) is 11.5 Å². The highest BCUT2D eigenvalue weighted by Gasteiger charge is 2.03. The molecule has 3 aromatic rings. The summed E-state index contributed by atoms with van der Waals surface area (Å²) >= 11 is 0. The standard InChI is InChI=1S/C16H13N3O2/c1-11-6-7-14(17-10-11)19-15(20)8-9-16-18-12-4-2-3-5-13(12)21-16/h2-10H,1H3,(H,17,19,20)/b9-8+. The molecule has 0 atom stereocenters. The van der Waals surface area contributed by atoms with Crippen LogP contribution in [0.3, 0.4) is 0 Å². The van der Waals surface area contributed by atoms with Gasteiger partial charge in [0.2, 0.25) is 11.8 Å². The van der Waals surface area contributed by atoms with Crippen LogP contribution in [0.5, 0.6) is 0 Å². The van der Waals surface area contributed by atoms with Crippen LogP contribution >= 0.6 is 0 Å². The molecule has 2 heterocycles.